The Balaban J connectivity index is 1.61. The minimum absolute atomic E-state index is 0.0105. The number of hydrogen-bond donors (Lipinski definition) is 1. The van der Waals surface area contributed by atoms with Crippen molar-refractivity contribution < 1.29 is 66.4 Å². The van der Waals surface area contributed by atoms with E-state index in [0.29, 0.717) is 54.2 Å². The van der Waals surface area contributed by atoms with Gasteiger partial charge in [-0.15, -0.1) is 0 Å². The molecule has 1 unspecified atom stereocenters. The number of carboxylic acid groups (broad SMARTS) is 1. The number of unbranched alkanes of at least 4 members (excludes halogenated alkanes) is 2. The van der Waals surface area contributed by atoms with E-state index in [1.807, 2.05) is 26.8 Å². The summed E-state index contributed by atoms with van der Waals surface area (Å²) in [5.41, 5.74) is 1.30. The normalized spacial score (nSPS) is 18.7. The third-order valence-electron chi connectivity index (χ3n) is 10.8. The summed E-state index contributed by atoms with van der Waals surface area (Å²) in [6, 6.07) is 6.63. The molecule has 5 rings (SSSR count). The van der Waals surface area contributed by atoms with Crippen LogP contribution in [0.3, 0.4) is 0 Å². The highest BCUT2D eigenvalue weighted by Gasteiger charge is 2.45. The maximum Gasteiger partial charge on any atom is 0.327 e. The number of carboxylic acids is 1. The van der Waals surface area contributed by atoms with E-state index in [0.717, 1.165) is 22.2 Å². The molecule has 0 saturated carbocycles. The zero-order valence-corrected chi connectivity index (χ0v) is 38.1. The van der Waals surface area contributed by atoms with Crippen LogP contribution in [-0.2, 0) is 62.6 Å². The summed E-state index contributed by atoms with van der Waals surface area (Å²) in [6.07, 6.45) is 11.9. The highest BCUT2D eigenvalue weighted by molar-refractivity contribution is 9.10. The van der Waals surface area contributed by atoms with E-state index in [1.54, 1.807) is 52.1 Å². The van der Waals surface area contributed by atoms with Gasteiger partial charge in [0.2, 0.25) is 0 Å². The molecule has 1 aromatic heterocycles. The summed E-state index contributed by atoms with van der Waals surface area (Å²) in [7, 11) is -20.0. The van der Waals surface area contributed by atoms with Gasteiger partial charge in [-0.2, -0.15) is 0 Å². The van der Waals surface area contributed by atoms with Gasteiger partial charge in [-0.3, -0.25) is 4.79 Å². The standard InChI is InChI=1S/C39H46BrN3O14S4/c1-38(2)29-23-27(40)25-42(18-10-20-58(46,47)48)37(29)41-33(38)12-6-4-7-13-34-39(3,17-9-5-8-14-35(44)45)36-28-24-32(61(55,56)57)31(60(52,53)54)22-26(28)15-16-30(36)43(34)19-11-21-59(49,50)51/h4,6-7,12-13,15-16,22-25H,5,8-11,14,17-21H2,1-3H3,(H4-,44,45,46,47,48,49,50,51,52,53,54,55,56,57)/p-3. The first-order chi connectivity index (χ1) is 28.1. The fourth-order valence-electron chi connectivity index (χ4n) is 7.94. The SMILES string of the molecule is CC1(C)C(/C=C/C=C/C=C2\N(CCCS(=O)(=O)[O-])c3ccc4cc(S(=O)(=O)[O-])c(S(=O)(=O)[O-])cc4c3C2(C)CCCCCC(=O)O)=Nc2c1cc(Br)c[n+]2CCCS(=O)(=O)[O-]. The second-order valence-corrected chi connectivity index (χ2v) is 22.2. The topological polar surface area (TPSA) is 286 Å². The Kier molecular flexibility index (Phi) is 14.3. The molecule has 3 aromatic rings. The number of benzene rings is 2. The van der Waals surface area contributed by atoms with Gasteiger partial charge in [0.1, 0.15) is 26.4 Å². The lowest BCUT2D eigenvalue weighted by Crippen LogP contribution is -2.36. The molecule has 0 spiro atoms. The zero-order valence-electron chi connectivity index (χ0n) is 33.2. The Bertz CT molecular complexity index is 2840. The second kappa shape index (κ2) is 18.1. The van der Waals surface area contributed by atoms with Crippen molar-refractivity contribution >= 4 is 90.4 Å². The average molecular weight is 986 g/mol. The fourth-order valence-corrected chi connectivity index (χ4v) is 11.1. The number of nitrogens with zero attached hydrogens (tertiary/aromatic N) is 3. The summed E-state index contributed by atoms with van der Waals surface area (Å²) in [6.45, 7) is 5.97. The van der Waals surface area contributed by atoms with E-state index in [4.69, 9.17) is 4.99 Å². The number of anilines is 1. The van der Waals surface area contributed by atoms with Crippen molar-refractivity contribution in [1.29, 1.82) is 0 Å². The molecular formula is C39H43BrN3O14S4-3. The van der Waals surface area contributed by atoms with E-state index in [-0.39, 0.29) is 43.1 Å². The molecule has 0 aliphatic carbocycles. The Morgan fingerprint density at radius 2 is 1.48 bits per heavy atom. The highest BCUT2D eigenvalue weighted by atomic mass is 79.9. The largest absolute Gasteiger partial charge is 0.748 e. The first kappa shape index (κ1) is 48.2. The molecule has 332 valence electrons. The molecule has 22 heteroatoms. The van der Waals surface area contributed by atoms with Crippen LogP contribution in [-0.4, -0.2) is 86.7 Å². The second-order valence-electron chi connectivity index (χ2n) is 15.6. The van der Waals surface area contributed by atoms with E-state index in [9.17, 15) is 61.8 Å². The number of hydrogen-bond acceptors (Lipinski definition) is 15. The average Bonchev–Trinajstić information content (AvgIpc) is 3.51. The van der Waals surface area contributed by atoms with E-state index >= 15 is 0 Å². The van der Waals surface area contributed by atoms with Crippen LogP contribution < -0.4 is 9.47 Å². The molecule has 3 heterocycles. The van der Waals surface area contributed by atoms with Crippen LogP contribution in [0.5, 0.6) is 0 Å². The molecule has 0 bridgehead atoms. The first-order valence-electron chi connectivity index (χ1n) is 18.9. The number of carbonyl (C=O) groups is 1. The van der Waals surface area contributed by atoms with Gasteiger partial charge in [0.25, 0.3) is 0 Å². The van der Waals surface area contributed by atoms with Crippen molar-refractivity contribution in [2.24, 2.45) is 4.99 Å². The molecule has 0 saturated heterocycles. The summed E-state index contributed by atoms with van der Waals surface area (Å²) >= 11 is 3.50. The van der Waals surface area contributed by atoms with Gasteiger partial charge in [-0.25, -0.2) is 38.2 Å². The predicted octanol–water partition coefficient (Wildman–Crippen LogP) is 4.74. The quantitative estimate of drug-likeness (QED) is 0.0735. The predicted molar refractivity (Wildman–Crippen MR) is 224 cm³/mol. The van der Waals surface area contributed by atoms with Crippen LogP contribution in [0.1, 0.15) is 76.8 Å². The van der Waals surface area contributed by atoms with Crippen molar-refractivity contribution in [3.63, 3.8) is 0 Å². The van der Waals surface area contributed by atoms with Crippen molar-refractivity contribution in [2.45, 2.75) is 92.9 Å². The molecule has 0 fully saturated rings. The highest BCUT2D eigenvalue weighted by Crippen LogP contribution is 2.54. The zero-order chi connectivity index (χ0) is 45.3. The van der Waals surface area contributed by atoms with Crippen molar-refractivity contribution in [3.8, 4) is 0 Å². The molecule has 1 N–H and O–H groups in total. The van der Waals surface area contributed by atoms with Crippen LogP contribution >= 0.6 is 15.9 Å². The number of halogens is 1. The number of allylic oxidation sites excluding steroid dienone is 6. The Hall–Kier alpha value is -3.87. The van der Waals surface area contributed by atoms with Crippen molar-refractivity contribution in [3.05, 3.63) is 88.2 Å². The Morgan fingerprint density at radius 3 is 2.10 bits per heavy atom. The third kappa shape index (κ3) is 11.4. The Labute approximate surface area is 363 Å². The maximum absolute atomic E-state index is 12.4. The van der Waals surface area contributed by atoms with Crippen molar-refractivity contribution in [1.82, 2.24) is 0 Å². The number of fused-ring (bicyclic) bond motifs is 4. The molecule has 61 heavy (non-hydrogen) atoms. The summed E-state index contributed by atoms with van der Waals surface area (Å²) in [5, 5.41) is 9.47. The van der Waals surface area contributed by atoms with Gasteiger partial charge in [-0.05, 0) is 120 Å². The molecule has 17 nitrogen and oxygen atoms in total. The van der Waals surface area contributed by atoms with Crippen LogP contribution in [0.25, 0.3) is 10.8 Å². The van der Waals surface area contributed by atoms with Gasteiger partial charge < -0.3 is 28.2 Å². The lowest BCUT2D eigenvalue weighted by molar-refractivity contribution is -0.684. The smallest absolute Gasteiger partial charge is 0.327 e. The minimum Gasteiger partial charge on any atom is -0.748 e. The first-order valence-corrected chi connectivity index (χ1v) is 25.7. The lowest BCUT2D eigenvalue weighted by Gasteiger charge is -2.31. The van der Waals surface area contributed by atoms with E-state index in [2.05, 4.69) is 15.9 Å². The van der Waals surface area contributed by atoms with Crippen LogP contribution in [0.15, 0.2) is 91.9 Å². The number of aliphatic carboxylic acids is 1. The monoisotopic (exact) mass is 984 g/mol. The number of rotatable bonds is 19. The number of aromatic nitrogens is 1. The molecule has 0 radical (unpaired) electrons. The van der Waals surface area contributed by atoms with Crippen LogP contribution in [0.4, 0.5) is 11.5 Å². The summed E-state index contributed by atoms with van der Waals surface area (Å²) < 4.78 is 145. The molecule has 2 aromatic carbocycles. The maximum atomic E-state index is 12.4. The van der Waals surface area contributed by atoms with Crippen LogP contribution in [0, 0.1) is 0 Å². The molecular weight excluding hydrogens is 943 g/mol. The van der Waals surface area contributed by atoms with Crippen LogP contribution in [0.2, 0.25) is 0 Å². The minimum atomic E-state index is -5.50. The molecule has 0 amide bonds. The van der Waals surface area contributed by atoms with Gasteiger partial charge >= 0.3 is 11.8 Å². The Morgan fingerprint density at radius 1 is 0.836 bits per heavy atom. The van der Waals surface area contributed by atoms with E-state index in [1.165, 1.54) is 6.07 Å². The third-order valence-corrected chi connectivity index (χ3v) is 14.7. The molecule has 1 atom stereocenters. The molecule has 2 aliphatic rings. The number of pyridine rings is 1. The lowest BCUT2D eigenvalue weighted by atomic mass is 9.75. The fraction of sp³-hybridized carbons (Fsp3) is 0.410. The molecule has 2 aliphatic heterocycles. The van der Waals surface area contributed by atoms with Gasteiger partial charge in [-0.1, -0.05) is 37.1 Å². The van der Waals surface area contributed by atoms with Gasteiger partial charge in [0, 0.05) is 41.3 Å². The summed E-state index contributed by atoms with van der Waals surface area (Å²) in [4.78, 5) is 15.4. The van der Waals surface area contributed by atoms with Gasteiger partial charge in [0.15, 0.2) is 5.71 Å². The van der Waals surface area contributed by atoms with E-state index < -0.39 is 78.6 Å². The van der Waals surface area contributed by atoms with Crippen molar-refractivity contribution in [2.75, 3.05) is 23.0 Å². The van der Waals surface area contributed by atoms with Gasteiger partial charge in [0.05, 0.1) is 52.0 Å². The summed E-state index contributed by atoms with van der Waals surface area (Å²) in [5.74, 6) is -1.62. The number of aliphatic imine (C=N–C) groups is 1. The number of aryl methyl sites for hydroxylation is 1.